The van der Waals surface area contributed by atoms with E-state index in [9.17, 15) is 4.79 Å². The average Bonchev–Trinajstić information content (AvgIpc) is 2.75. The average molecular weight is 404 g/mol. The first kappa shape index (κ1) is 20.4. The normalized spacial score (nSPS) is 14.1. The van der Waals surface area contributed by atoms with E-state index in [-0.39, 0.29) is 18.3 Å². The molecule has 4 nitrogen and oxygen atoms in total. The second-order valence-electron chi connectivity index (χ2n) is 6.58. The number of rotatable bonds is 5. The minimum absolute atomic E-state index is 0. The summed E-state index contributed by atoms with van der Waals surface area (Å²) in [5.41, 5.74) is 3.86. The molecule has 5 heteroatoms. The standard InChI is InChI=1S/C24H21N3O.ClH/c28-23-17-16-19(18-25-20-10-4-1-5-11-20)24(26-21-12-6-2-7-13-21)27(23)22-14-8-3-9-15-22;/h1-15,18,26H,16-17H2;1H. The van der Waals surface area contributed by atoms with Gasteiger partial charge in [0.2, 0.25) is 11.6 Å². The Kier molecular flexibility index (Phi) is 6.82. The van der Waals surface area contributed by atoms with Crippen molar-refractivity contribution in [1.82, 2.24) is 0 Å². The lowest BCUT2D eigenvalue weighted by molar-refractivity contribution is -0.347. The van der Waals surface area contributed by atoms with E-state index in [2.05, 4.69) is 10.3 Å². The summed E-state index contributed by atoms with van der Waals surface area (Å²) in [4.78, 5) is 18.0. The molecule has 0 atom stereocenters. The largest absolute Gasteiger partial charge is 1.00 e. The van der Waals surface area contributed by atoms with Crippen molar-refractivity contribution in [3.63, 3.8) is 0 Å². The molecule has 1 heterocycles. The van der Waals surface area contributed by atoms with Gasteiger partial charge in [-0.05, 0) is 30.7 Å². The summed E-state index contributed by atoms with van der Waals surface area (Å²) >= 11 is 0. The van der Waals surface area contributed by atoms with E-state index in [1.165, 1.54) is 0 Å². The van der Waals surface area contributed by atoms with E-state index in [1.54, 1.807) is 4.90 Å². The number of hydrogen-bond acceptors (Lipinski definition) is 2. The molecule has 3 aromatic carbocycles. The molecule has 0 saturated carbocycles. The molecule has 3 aromatic rings. The zero-order valence-corrected chi connectivity index (χ0v) is 16.6. The van der Waals surface area contributed by atoms with Crippen LogP contribution in [0.2, 0.25) is 0 Å². The maximum atomic E-state index is 12.8. The Balaban J connectivity index is 0.00000240. The van der Waals surface area contributed by atoms with Crippen molar-refractivity contribution in [3.05, 3.63) is 102 Å². The summed E-state index contributed by atoms with van der Waals surface area (Å²) in [6, 6.07) is 29.7. The summed E-state index contributed by atoms with van der Waals surface area (Å²) in [6.45, 7) is 0. The van der Waals surface area contributed by atoms with Crippen molar-refractivity contribution < 1.29 is 22.2 Å². The number of benzene rings is 3. The fourth-order valence-corrected chi connectivity index (χ4v) is 3.23. The lowest BCUT2D eigenvalue weighted by Gasteiger charge is -2.31. The summed E-state index contributed by atoms with van der Waals surface area (Å²) in [5.74, 6) is 0.874. The number of hydrogen-bond donors (Lipinski definition) is 2. The van der Waals surface area contributed by atoms with Crippen LogP contribution >= 0.6 is 0 Å². The van der Waals surface area contributed by atoms with Crippen LogP contribution in [0.1, 0.15) is 12.8 Å². The van der Waals surface area contributed by atoms with Gasteiger partial charge in [0.25, 0.3) is 0 Å². The van der Waals surface area contributed by atoms with Gasteiger partial charge in [0.15, 0.2) is 6.21 Å². The number of halogens is 1. The fraction of sp³-hybridized carbons (Fsp3) is 0.0833. The zero-order chi connectivity index (χ0) is 19.2. The molecule has 0 aliphatic carbocycles. The Morgan fingerprint density at radius 3 is 2.03 bits per heavy atom. The molecule has 0 unspecified atom stereocenters. The Labute approximate surface area is 177 Å². The minimum Gasteiger partial charge on any atom is -1.00 e. The zero-order valence-electron chi connectivity index (χ0n) is 15.9. The Morgan fingerprint density at radius 2 is 1.38 bits per heavy atom. The molecule has 0 radical (unpaired) electrons. The number of allylic oxidation sites excluding steroid dienone is 1. The second-order valence-corrected chi connectivity index (χ2v) is 6.58. The number of anilines is 2. The van der Waals surface area contributed by atoms with Crippen LogP contribution in [0.25, 0.3) is 0 Å². The van der Waals surface area contributed by atoms with Crippen molar-refractivity contribution in [3.8, 4) is 0 Å². The Morgan fingerprint density at radius 1 is 0.793 bits per heavy atom. The highest BCUT2D eigenvalue weighted by atomic mass is 35.5. The number of nitrogens with zero attached hydrogens (tertiary/aromatic N) is 1. The predicted octanol–water partition coefficient (Wildman–Crippen LogP) is 0.624. The van der Waals surface area contributed by atoms with Crippen LogP contribution in [0.3, 0.4) is 0 Å². The number of carbonyl (C=O) groups excluding carboxylic acids is 1. The summed E-state index contributed by atoms with van der Waals surface area (Å²) < 4.78 is 0. The Bertz CT molecular complexity index is 1000. The van der Waals surface area contributed by atoms with E-state index in [1.807, 2.05) is 97.2 Å². The molecule has 0 aromatic heterocycles. The van der Waals surface area contributed by atoms with Gasteiger partial charge in [-0.3, -0.25) is 9.69 Å². The van der Waals surface area contributed by atoms with Crippen LogP contribution in [0.15, 0.2) is 102 Å². The van der Waals surface area contributed by atoms with E-state index >= 15 is 0 Å². The second kappa shape index (κ2) is 9.71. The van der Waals surface area contributed by atoms with Gasteiger partial charge in [-0.2, -0.15) is 0 Å². The van der Waals surface area contributed by atoms with Crippen molar-refractivity contribution in [2.24, 2.45) is 0 Å². The first-order valence-electron chi connectivity index (χ1n) is 9.39. The lowest BCUT2D eigenvalue weighted by Crippen LogP contribution is -3.00. The highest BCUT2D eigenvalue weighted by Gasteiger charge is 2.28. The first-order chi connectivity index (χ1) is 13.8. The van der Waals surface area contributed by atoms with Gasteiger partial charge in [0.1, 0.15) is 5.82 Å². The van der Waals surface area contributed by atoms with Crippen LogP contribution in [0.5, 0.6) is 0 Å². The molecule has 4 rings (SSSR count). The smallest absolute Gasteiger partial charge is 0.233 e. The van der Waals surface area contributed by atoms with Crippen LogP contribution < -0.4 is 27.6 Å². The first-order valence-corrected chi connectivity index (χ1v) is 9.39. The maximum Gasteiger partial charge on any atom is 0.233 e. The van der Waals surface area contributed by atoms with Crippen LogP contribution in [0.4, 0.5) is 17.1 Å². The van der Waals surface area contributed by atoms with E-state index in [0.717, 1.165) is 28.5 Å². The SMILES string of the molecule is O=C1CCC(C=[NH+]c2ccccc2)=C(Nc2ccccc2)N1c1ccccc1.[Cl-]. The number of para-hydroxylation sites is 3. The van der Waals surface area contributed by atoms with Crippen molar-refractivity contribution >= 4 is 29.2 Å². The third-order valence-electron chi connectivity index (χ3n) is 4.62. The maximum absolute atomic E-state index is 12.8. The molecule has 1 aliphatic rings. The minimum atomic E-state index is 0. The predicted molar refractivity (Wildman–Crippen MR) is 113 cm³/mol. The molecular weight excluding hydrogens is 382 g/mol. The fourth-order valence-electron chi connectivity index (χ4n) is 3.23. The third-order valence-corrected chi connectivity index (χ3v) is 4.62. The molecule has 2 N–H and O–H groups in total. The highest BCUT2D eigenvalue weighted by molar-refractivity contribution is 6.01. The van der Waals surface area contributed by atoms with Gasteiger partial charge < -0.3 is 17.7 Å². The molecule has 29 heavy (non-hydrogen) atoms. The Hall–Kier alpha value is -3.37. The molecule has 0 saturated heterocycles. The monoisotopic (exact) mass is 403 g/mol. The van der Waals surface area contributed by atoms with E-state index in [4.69, 9.17) is 0 Å². The molecule has 0 fully saturated rings. The summed E-state index contributed by atoms with van der Waals surface area (Å²) in [5, 5.41) is 3.46. The molecule has 0 bridgehead atoms. The molecule has 0 spiro atoms. The molecule has 146 valence electrons. The van der Waals surface area contributed by atoms with Crippen LogP contribution in [-0.4, -0.2) is 12.1 Å². The van der Waals surface area contributed by atoms with Gasteiger partial charge >= 0.3 is 0 Å². The summed E-state index contributed by atoms with van der Waals surface area (Å²) in [7, 11) is 0. The van der Waals surface area contributed by atoms with Crippen LogP contribution in [0, 0.1) is 0 Å². The third kappa shape index (κ3) is 4.92. The van der Waals surface area contributed by atoms with Crippen molar-refractivity contribution in [1.29, 1.82) is 0 Å². The van der Waals surface area contributed by atoms with Gasteiger partial charge in [-0.25, -0.2) is 4.99 Å². The molecular formula is C24H22ClN3O. The summed E-state index contributed by atoms with van der Waals surface area (Å²) in [6.07, 6.45) is 3.14. The highest BCUT2D eigenvalue weighted by Crippen LogP contribution is 2.29. The van der Waals surface area contributed by atoms with Gasteiger partial charge in [-0.1, -0.05) is 54.6 Å². The topological polar surface area (TPSA) is 46.3 Å². The van der Waals surface area contributed by atoms with Crippen LogP contribution in [-0.2, 0) is 4.79 Å². The van der Waals surface area contributed by atoms with Gasteiger partial charge in [0.05, 0.1) is 11.3 Å². The lowest BCUT2D eigenvalue weighted by atomic mass is 10.0. The van der Waals surface area contributed by atoms with E-state index in [0.29, 0.717) is 12.8 Å². The molecule has 1 aliphatic heterocycles. The van der Waals surface area contributed by atoms with Gasteiger partial charge in [-0.15, -0.1) is 0 Å². The molecule has 1 amide bonds. The van der Waals surface area contributed by atoms with E-state index < -0.39 is 0 Å². The van der Waals surface area contributed by atoms with Crippen molar-refractivity contribution in [2.45, 2.75) is 12.8 Å². The number of amides is 1. The quantitative estimate of drug-likeness (QED) is 0.614. The van der Waals surface area contributed by atoms with Crippen molar-refractivity contribution in [2.75, 3.05) is 10.2 Å². The van der Waals surface area contributed by atoms with Gasteiger partial charge in [0, 0.05) is 24.2 Å². The number of carbonyl (C=O) groups is 1. The number of nitrogens with one attached hydrogen (secondary N) is 2.